The van der Waals surface area contributed by atoms with Crippen LogP contribution in [0.4, 0.5) is 15.2 Å². The maximum atomic E-state index is 14.1. The second kappa shape index (κ2) is 11.2. The molecule has 11 heteroatoms. The molecular formula is C24H19Cl2FN4O2S2. The molecule has 4 rings (SSSR count). The molecular weight excluding hydrogens is 530 g/mol. The molecule has 2 N–H and O–H groups in total. The van der Waals surface area contributed by atoms with Gasteiger partial charge < -0.3 is 15.4 Å². The zero-order chi connectivity index (χ0) is 24.9. The smallest absolute Gasteiger partial charge is 0.340 e. The highest BCUT2D eigenvalue weighted by Crippen LogP contribution is 2.31. The highest BCUT2D eigenvalue weighted by molar-refractivity contribution is 7.80. The van der Waals surface area contributed by atoms with E-state index in [1.165, 1.54) is 41.5 Å². The normalized spacial score (nSPS) is 10.7. The number of anilines is 2. The van der Waals surface area contributed by atoms with Gasteiger partial charge in [-0.1, -0.05) is 59.6 Å². The van der Waals surface area contributed by atoms with Crippen LogP contribution in [0.3, 0.4) is 0 Å². The third-order valence-electron chi connectivity index (χ3n) is 4.97. The van der Waals surface area contributed by atoms with Crippen molar-refractivity contribution in [3.05, 3.63) is 98.2 Å². The molecule has 0 fully saturated rings. The molecule has 35 heavy (non-hydrogen) atoms. The van der Waals surface area contributed by atoms with Crippen LogP contribution in [0.1, 0.15) is 26.4 Å². The fraction of sp³-hybridized carbons (Fsp3) is 0.125. The van der Waals surface area contributed by atoms with Crippen LogP contribution in [0.5, 0.6) is 0 Å². The Morgan fingerprint density at radius 3 is 2.63 bits per heavy atom. The lowest BCUT2D eigenvalue weighted by Gasteiger charge is -2.09. The van der Waals surface area contributed by atoms with Crippen LogP contribution in [0.25, 0.3) is 0 Å². The maximum Gasteiger partial charge on any atom is 0.340 e. The monoisotopic (exact) mass is 548 g/mol. The molecule has 0 aliphatic heterocycles. The van der Waals surface area contributed by atoms with E-state index < -0.39 is 11.8 Å². The van der Waals surface area contributed by atoms with Gasteiger partial charge in [0.15, 0.2) is 10.9 Å². The Morgan fingerprint density at radius 1 is 1.14 bits per heavy atom. The maximum absolute atomic E-state index is 14.1. The summed E-state index contributed by atoms with van der Waals surface area (Å²) >= 11 is 19.2. The highest BCUT2D eigenvalue weighted by atomic mass is 35.5. The number of halogens is 3. The van der Waals surface area contributed by atoms with Gasteiger partial charge in [0.2, 0.25) is 0 Å². The average molecular weight is 549 g/mol. The summed E-state index contributed by atoms with van der Waals surface area (Å²) in [5.41, 5.74) is 1.79. The number of thiocarbonyl (C=S) groups is 1. The number of benzene rings is 2. The summed E-state index contributed by atoms with van der Waals surface area (Å²) in [6.45, 7) is 0.0906. The Morgan fingerprint density at radius 2 is 1.91 bits per heavy atom. The largest absolute Gasteiger partial charge is 0.465 e. The van der Waals surface area contributed by atoms with Crippen LogP contribution in [0.15, 0.2) is 60.8 Å². The fourth-order valence-corrected chi connectivity index (χ4v) is 5.10. The number of nitrogens with one attached hydrogen (secondary N) is 2. The third kappa shape index (κ3) is 6.18. The third-order valence-corrected chi connectivity index (χ3v) is 6.85. The van der Waals surface area contributed by atoms with Crippen LogP contribution in [-0.2, 0) is 17.7 Å². The summed E-state index contributed by atoms with van der Waals surface area (Å²) < 4.78 is 20.5. The molecule has 180 valence electrons. The Hall–Kier alpha value is -2.98. The van der Waals surface area contributed by atoms with Gasteiger partial charge in [0.25, 0.3) is 0 Å². The Labute approximate surface area is 220 Å². The predicted molar refractivity (Wildman–Crippen MR) is 142 cm³/mol. The van der Waals surface area contributed by atoms with E-state index in [1.807, 2.05) is 30.3 Å². The molecule has 4 aromatic rings. The van der Waals surface area contributed by atoms with Crippen molar-refractivity contribution in [2.24, 2.45) is 0 Å². The van der Waals surface area contributed by atoms with Crippen molar-refractivity contribution in [3.8, 4) is 0 Å². The van der Waals surface area contributed by atoms with Crippen molar-refractivity contribution in [2.45, 2.75) is 13.0 Å². The quantitative estimate of drug-likeness (QED) is 0.199. The molecule has 0 aliphatic carbocycles. The Kier molecular flexibility index (Phi) is 8.02. The number of hydrogen-bond donors (Lipinski definition) is 2. The van der Waals surface area contributed by atoms with Gasteiger partial charge in [0.1, 0.15) is 15.8 Å². The number of methoxy groups -OCH3 is 1. The van der Waals surface area contributed by atoms with Gasteiger partial charge in [-0.3, -0.25) is 4.68 Å². The van der Waals surface area contributed by atoms with Crippen LogP contribution in [0.2, 0.25) is 10.0 Å². The number of carbonyl (C=O) groups excluding carboxylic acids is 1. The van der Waals surface area contributed by atoms with Crippen LogP contribution < -0.4 is 10.6 Å². The number of aromatic nitrogens is 2. The number of hydrogen-bond acceptors (Lipinski definition) is 5. The molecule has 0 saturated heterocycles. The first-order chi connectivity index (χ1) is 16.8. The van der Waals surface area contributed by atoms with Gasteiger partial charge in [0, 0.05) is 28.1 Å². The van der Waals surface area contributed by atoms with Crippen molar-refractivity contribution in [3.63, 3.8) is 0 Å². The van der Waals surface area contributed by atoms with E-state index in [9.17, 15) is 9.18 Å². The van der Waals surface area contributed by atoms with Crippen LogP contribution >= 0.6 is 46.8 Å². The molecule has 2 aromatic heterocycles. The molecule has 0 spiro atoms. The Bertz CT molecular complexity index is 1360. The molecule has 0 aliphatic rings. The molecule has 6 nitrogen and oxygen atoms in total. The minimum Gasteiger partial charge on any atom is -0.465 e. The Balaban J connectivity index is 1.49. The van der Waals surface area contributed by atoms with E-state index in [0.717, 1.165) is 10.4 Å². The van der Waals surface area contributed by atoms with E-state index in [0.29, 0.717) is 27.6 Å². The lowest BCUT2D eigenvalue weighted by molar-refractivity contribution is 0.0602. The number of thiophene rings is 1. The van der Waals surface area contributed by atoms with Gasteiger partial charge in [-0.2, -0.15) is 5.10 Å². The first-order valence-corrected chi connectivity index (χ1v) is 12.3. The molecule has 0 atom stereocenters. The topological polar surface area (TPSA) is 68.2 Å². The van der Waals surface area contributed by atoms with Crippen molar-refractivity contribution < 1.29 is 13.9 Å². The highest BCUT2D eigenvalue weighted by Gasteiger charge is 2.19. The lowest BCUT2D eigenvalue weighted by Crippen LogP contribution is -2.20. The number of ether oxygens (including phenoxy) is 1. The zero-order valence-electron chi connectivity index (χ0n) is 18.3. The standard InChI is InChI=1S/C24H19Cl2FN4O2S2/c1-33-23(32)16-11-15(10-14-6-3-2-4-7-14)35-22(16)29-24(34)28-21-19(26)13-31(30-21)12-17-18(25)8-5-9-20(17)27/h2-9,11,13H,10,12H2,1H3,(H2,28,29,30,34). The summed E-state index contributed by atoms with van der Waals surface area (Å²) in [5.74, 6) is -0.637. The van der Waals surface area contributed by atoms with E-state index in [4.69, 9.17) is 40.2 Å². The van der Waals surface area contributed by atoms with Gasteiger partial charge in [-0.05, 0) is 36.0 Å². The second-order valence-electron chi connectivity index (χ2n) is 7.41. The van der Waals surface area contributed by atoms with E-state index >= 15 is 0 Å². The average Bonchev–Trinajstić information content (AvgIpc) is 3.38. The number of carbonyl (C=O) groups is 1. The summed E-state index contributed by atoms with van der Waals surface area (Å²) in [6.07, 6.45) is 2.20. The van der Waals surface area contributed by atoms with E-state index in [1.54, 1.807) is 12.1 Å². The number of esters is 1. The first kappa shape index (κ1) is 25.1. The minimum atomic E-state index is -0.477. The molecule has 2 aromatic carbocycles. The predicted octanol–water partition coefficient (Wildman–Crippen LogP) is 6.63. The SMILES string of the molecule is COC(=O)c1cc(Cc2ccccc2)sc1NC(=S)Nc1nn(Cc2c(F)cccc2Cl)cc1Cl. The summed E-state index contributed by atoms with van der Waals surface area (Å²) in [6, 6.07) is 16.2. The van der Waals surface area contributed by atoms with Gasteiger partial charge in [-0.15, -0.1) is 11.3 Å². The molecule has 0 bridgehead atoms. The van der Waals surface area contributed by atoms with E-state index in [-0.39, 0.29) is 22.5 Å². The molecule has 0 radical (unpaired) electrons. The molecule has 2 heterocycles. The van der Waals surface area contributed by atoms with Crippen molar-refractivity contribution in [2.75, 3.05) is 17.7 Å². The zero-order valence-corrected chi connectivity index (χ0v) is 21.5. The fourth-order valence-electron chi connectivity index (χ4n) is 3.33. The summed E-state index contributed by atoms with van der Waals surface area (Å²) in [7, 11) is 1.32. The van der Waals surface area contributed by atoms with Crippen LogP contribution in [-0.4, -0.2) is 28.0 Å². The summed E-state index contributed by atoms with van der Waals surface area (Å²) in [4.78, 5) is 13.3. The van der Waals surface area contributed by atoms with Gasteiger partial charge >= 0.3 is 5.97 Å². The second-order valence-corrected chi connectivity index (χ2v) is 9.77. The summed E-state index contributed by atoms with van der Waals surface area (Å²) in [5, 5.41) is 11.6. The van der Waals surface area contributed by atoms with Crippen molar-refractivity contribution in [1.82, 2.24) is 9.78 Å². The van der Waals surface area contributed by atoms with Crippen LogP contribution in [0, 0.1) is 5.82 Å². The van der Waals surface area contributed by atoms with Crippen molar-refractivity contribution in [1.29, 1.82) is 0 Å². The number of rotatable bonds is 7. The van der Waals surface area contributed by atoms with Gasteiger partial charge in [-0.25, -0.2) is 9.18 Å². The lowest BCUT2D eigenvalue weighted by atomic mass is 10.1. The molecule has 0 amide bonds. The first-order valence-electron chi connectivity index (χ1n) is 10.3. The van der Waals surface area contributed by atoms with Gasteiger partial charge in [0.05, 0.1) is 19.2 Å². The molecule has 0 unspecified atom stereocenters. The number of nitrogens with zero attached hydrogens (tertiary/aromatic N) is 2. The molecule has 0 saturated carbocycles. The minimum absolute atomic E-state index is 0.0906. The van der Waals surface area contributed by atoms with Crippen molar-refractivity contribution >= 4 is 68.7 Å². The van der Waals surface area contributed by atoms with E-state index in [2.05, 4.69) is 15.7 Å².